The molecule has 0 unspecified atom stereocenters. The Morgan fingerprint density at radius 2 is 1.87 bits per heavy atom. The van der Waals surface area contributed by atoms with Gasteiger partial charge in [-0.3, -0.25) is 0 Å². The minimum absolute atomic E-state index is 0.0258. The number of nitrogen functional groups attached to an aromatic ring is 2. The molecule has 2 aromatic heterocycles. The molecule has 0 saturated carbocycles. The number of thiophene rings is 1. The standard InChI is InChI=1S/C17H20N4S2/c1-17(2,3)14-12(19)11-13(9-6-5-7-10(18)8-9)20-16(22-4)21-15(11)23-14/h5-8H,18-19H2,1-4H3. The molecule has 1 aromatic carbocycles. The highest BCUT2D eigenvalue weighted by molar-refractivity contribution is 7.98. The molecule has 0 aliphatic heterocycles. The van der Waals surface area contributed by atoms with Crippen molar-refractivity contribution in [2.24, 2.45) is 0 Å². The summed E-state index contributed by atoms with van der Waals surface area (Å²) in [4.78, 5) is 11.4. The van der Waals surface area contributed by atoms with Gasteiger partial charge < -0.3 is 11.5 Å². The van der Waals surface area contributed by atoms with Crippen molar-refractivity contribution in [3.63, 3.8) is 0 Å². The van der Waals surface area contributed by atoms with Crippen LogP contribution in [0.15, 0.2) is 29.4 Å². The Bertz CT molecular complexity index is 878. The van der Waals surface area contributed by atoms with Crippen LogP contribution in [-0.4, -0.2) is 16.2 Å². The number of nitrogens with two attached hydrogens (primary N) is 2. The first-order valence-corrected chi connectivity index (χ1v) is 9.36. The van der Waals surface area contributed by atoms with Crippen molar-refractivity contribution in [1.29, 1.82) is 0 Å². The Morgan fingerprint density at radius 1 is 1.13 bits per heavy atom. The molecule has 0 saturated heterocycles. The minimum Gasteiger partial charge on any atom is -0.399 e. The van der Waals surface area contributed by atoms with E-state index in [-0.39, 0.29) is 5.41 Å². The van der Waals surface area contributed by atoms with Gasteiger partial charge in [-0.2, -0.15) is 0 Å². The maximum absolute atomic E-state index is 6.49. The molecule has 0 fully saturated rings. The van der Waals surface area contributed by atoms with E-state index in [9.17, 15) is 0 Å². The lowest BCUT2D eigenvalue weighted by molar-refractivity contribution is 0.606. The molecule has 23 heavy (non-hydrogen) atoms. The van der Waals surface area contributed by atoms with Crippen molar-refractivity contribution in [2.45, 2.75) is 31.3 Å². The summed E-state index contributed by atoms with van der Waals surface area (Å²) in [5.41, 5.74) is 15.7. The molecular formula is C17H20N4S2. The molecule has 0 atom stereocenters. The number of benzene rings is 1. The summed E-state index contributed by atoms with van der Waals surface area (Å²) in [5, 5.41) is 1.68. The largest absolute Gasteiger partial charge is 0.399 e. The number of hydrogen-bond donors (Lipinski definition) is 2. The van der Waals surface area contributed by atoms with Gasteiger partial charge in [0.25, 0.3) is 0 Å². The van der Waals surface area contributed by atoms with E-state index in [1.54, 1.807) is 11.3 Å². The van der Waals surface area contributed by atoms with E-state index in [0.717, 1.165) is 37.2 Å². The Labute approximate surface area is 144 Å². The monoisotopic (exact) mass is 344 g/mol. The first-order valence-electron chi connectivity index (χ1n) is 7.31. The van der Waals surface area contributed by atoms with E-state index in [2.05, 4.69) is 25.8 Å². The van der Waals surface area contributed by atoms with Crippen LogP contribution in [0.1, 0.15) is 25.6 Å². The maximum atomic E-state index is 6.49. The summed E-state index contributed by atoms with van der Waals surface area (Å²) in [6.07, 6.45) is 1.98. The lowest BCUT2D eigenvalue weighted by Gasteiger charge is -2.17. The number of aromatic nitrogens is 2. The number of fused-ring (bicyclic) bond motifs is 1. The van der Waals surface area contributed by atoms with E-state index in [1.165, 1.54) is 11.8 Å². The van der Waals surface area contributed by atoms with Crippen LogP contribution < -0.4 is 11.5 Å². The lowest BCUT2D eigenvalue weighted by Crippen LogP contribution is -2.10. The van der Waals surface area contributed by atoms with Gasteiger partial charge in [0, 0.05) is 16.1 Å². The topological polar surface area (TPSA) is 77.8 Å². The van der Waals surface area contributed by atoms with Gasteiger partial charge in [-0.1, -0.05) is 44.7 Å². The number of rotatable bonds is 2. The number of hydrogen-bond acceptors (Lipinski definition) is 6. The second kappa shape index (κ2) is 5.69. The molecule has 0 aliphatic rings. The second-order valence-electron chi connectivity index (χ2n) is 6.46. The number of anilines is 2. The van der Waals surface area contributed by atoms with Crippen molar-refractivity contribution >= 4 is 44.7 Å². The average Bonchev–Trinajstić information content (AvgIpc) is 2.83. The van der Waals surface area contributed by atoms with Gasteiger partial charge in [0.2, 0.25) is 0 Å². The predicted molar refractivity (Wildman–Crippen MR) is 102 cm³/mol. The molecule has 0 radical (unpaired) electrons. The van der Waals surface area contributed by atoms with Gasteiger partial charge in [-0.25, -0.2) is 9.97 Å². The minimum atomic E-state index is -0.0258. The fraction of sp³-hybridized carbons (Fsp3) is 0.294. The molecule has 3 aromatic rings. The van der Waals surface area contributed by atoms with Crippen LogP contribution >= 0.6 is 23.1 Å². The normalized spacial score (nSPS) is 12.0. The molecule has 120 valence electrons. The van der Waals surface area contributed by atoms with Crippen LogP contribution in [0.4, 0.5) is 11.4 Å². The highest BCUT2D eigenvalue weighted by Crippen LogP contribution is 2.44. The van der Waals surface area contributed by atoms with Crippen molar-refractivity contribution in [1.82, 2.24) is 9.97 Å². The van der Waals surface area contributed by atoms with Crippen molar-refractivity contribution in [2.75, 3.05) is 17.7 Å². The first kappa shape index (κ1) is 16.1. The fourth-order valence-electron chi connectivity index (χ4n) is 2.55. The smallest absolute Gasteiger partial charge is 0.189 e. The van der Waals surface area contributed by atoms with E-state index >= 15 is 0 Å². The summed E-state index contributed by atoms with van der Waals surface area (Å²) in [7, 11) is 0. The zero-order chi connectivity index (χ0) is 16.8. The van der Waals surface area contributed by atoms with Gasteiger partial charge in [-0.05, 0) is 23.8 Å². The van der Waals surface area contributed by atoms with Gasteiger partial charge in [-0.15, -0.1) is 11.3 Å². The number of nitrogens with zero attached hydrogens (tertiary/aromatic N) is 2. The molecule has 4 nitrogen and oxygen atoms in total. The maximum Gasteiger partial charge on any atom is 0.189 e. The molecule has 0 bridgehead atoms. The molecule has 6 heteroatoms. The summed E-state index contributed by atoms with van der Waals surface area (Å²) < 4.78 is 0. The van der Waals surface area contributed by atoms with Crippen LogP contribution in [0.2, 0.25) is 0 Å². The van der Waals surface area contributed by atoms with Crippen molar-refractivity contribution in [3.8, 4) is 11.3 Å². The van der Waals surface area contributed by atoms with Crippen molar-refractivity contribution < 1.29 is 0 Å². The van der Waals surface area contributed by atoms with Crippen LogP contribution in [-0.2, 0) is 5.41 Å². The van der Waals surface area contributed by atoms with Crippen LogP contribution in [0.25, 0.3) is 21.5 Å². The number of thioether (sulfide) groups is 1. The van der Waals surface area contributed by atoms with Crippen LogP contribution in [0, 0.1) is 0 Å². The molecule has 3 rings (SSSR count). The van der Waals surface area contributed by atoms with Crippen LogP contribution in [0.5, 0.6) is 0 Å². The third kappa shape index (κ3) is 2.88. The van der Waals surface area contributed by atoms with Crippen molar-refractivity contribution in [3.05, 3.63) is 29.1 Å². The van der Waals surface area contributed by atoms with E-state index in [1.807, 2.05) is 30.5 Å². The summed E-state index contributed by atoms with van der Waals surface area (Å²) in [6, 6.07) is 7.75. The Morgan fingerprint density at radius 3 is 2.48 bits per heavy atom. The Hall–Kier alpha value is -1.79. The van der Waals surface area contributed by atoms with Gasteiger partial charge in [0.1, 0.15) is 4.83 Å². The summed E-state index contributed by atoms with van der Waals surface area (Å²) in [6.45, 7) is 6.49. The Balaban J connectivity index is 2.38. The predicted octanol–water partition coefficient (Wildman–Crippen LogP) is 4.54. The highest BCUT2D eigenvalue weighted by Gasteiger charge is 2.25. The Kier molecular flexibility index (Phi) is 3.98. The zero-order valence-corrected chi connectivity index (χ0v) is 15.3. The third-order valence-electron chi connectivity index (χ3n) is 3.59. The average molecular weight is 345 g/mol. The summed E-state index contributed by atoms with van der Waals surface area (Å²) in [5.74, 6) is 0. The van der Waals surface area contributed by atoms with E-state index in [0.29, 0.717) is 5.69 Å². The second-order valence-corrected chi connectivity index (χ2v) is 8.23. The fourth-order valence-corrected chi connectivity index (χ4v) is 4.12. The molecule has 0 spiro atoms. The van der Waals surface area contributed by atoms with Gasteiger partial charge in [0.05, 0.1) is 16.8 Å². The van der Waals surface area contributed by atoms with Gasteiger partial charge in [0.15, 0.2) is 5.16 Å². The quantitative estimate of drug-likeness (QED) is 0.405. The molecule has 0 amide bonds. The first-order chi connectivity index (χ1) is 10.8. The summed E-state index contributed by atoms with van der Waals surface area (Å²) >= 11 is 3.18. The third-order valence-corrected chi connectivity index (χ3v) is 5.66. The zero-order valence-electron chi connectivity index (χ0n) is 13.7. The van der Waals surface area contributed by atoms with E-state index < -0.39 is 0 Å². The molecular weight excluding hydrogens is 324 g/mol. The van der Waals surface area contributed by atoms with E-state index in [4.69, 9.17) is 16.5 Å². The highest BCUT2D eigenvalue weighted by atomic mass is 32.2. The SMILES string of the molecule is CSc1nc(-c2cccc(N)c2)c2c(N)c(C(C)(C)C)sc2n1. The van der Waals surface area contributed by atoms with Gasteiger partial charge >= 0.3 is 0 Å². The van der Waals surface area contributed by atoms with Crippen LogP contribution in [0.3, 0.4) is 0 Å². The molecule has 2 heterocycles. The molecule has 4 N–H and O–H groups in total. The lowest BCUT2D eigenvalue weighted by atomic mass is 9.92. The molecule has 0 aliphatic carbocycles.